The van der Waals surface area contributed by atoms with E-state index in [1.54, 1.807) is 0 Å². The lowest BCUT2D eigenvalue weighted by Crippen LogP contribution is -2.19. The summed E-state index contributed by atoms with van der Waals surface area (Å²) in [6.07, 6.45) is 2.92. The van der Waals surface area contributed by atoms with Crippen LogP contribution in [0.3, 0.4) is 0 Å². The van der Waals surface area contributed by atoms with E-state index in [1.807, 2.05) is 0 Å². The van der Waals surface area contributed by atoms with Crippen LogP contribution in [-0.4, -0.2) is 3.92 Å². The molecule has 0 aliphatic heterocycles. The predicted molar refractivity (Wildman–Crippen MR) is 36.2 cm³/mol. The predicted octanol–water partition coefficient (Wildman–Crippen LogP) is 2.22. The lowest BCUT2D eigenvalue weighted by atomic mass is 9.87. The fourth-order valence-corrected chi connectivity index (χ4v) is 2.54. The van der Waals surface area contributed by atoms with E-state index in [2.05, 4.69) is 29.5 Å². The van der Waals surface area contributed by atoms with Gasteiger partial charge in [0.1, 0.15) is 0 Å². The summed E-state index contributed by atoms with van der Waals surface area (Å²) in [4.78, 5) is 0. The lowest BCUT2D eigenvalue weighted by molar-refractivity contribution is 0.373. The van der Waals surface area contributed by atoms with E-state index < -0.39 is 0 Å². The van der Waals surface area contributed by atoms with Crippen LogP contribution in [0.4, 0.5) is 0 Å². The van der Waals surface area contributed by atoms with Gasteiger partial charge in [0, 0.05) is 3.92 Å². The van der Waals surface area contributed by atoms with Crippen molar-refractivity contribution >= 4 is 22.6 Å². The fourth-order valence-electron chi connectivity index (χ4n) is 0.804. The largest absolute Gasteiger partial charge is 0.0826 e. The molecular weight excluding hydrogens is 187 g/mol. The first-order valence-corrected chi connectivity index (χ1v) is 3.67. The minimum Gasteiger partial charge on any atom is -0.0826 e. The van der Waals surface area contributed by atoms with Crippen molar-refractivity contribution in [2.24, 2.45) is 5.92 Å². The fraction of sp³-hybridized carbons (Fsp3) is 1.00. The molecule has 0 aromatic carbocycles. The third kappa shape index (κ3) is 0.863. The van der Waals surface area contributed by atoms with Crippen molar-refractivity contribution < 1.29 is 0 Å². The Morgan fingerprint density at radius 1 is 1.50 bits per heavy atom. The highest BCUT2D eigenvalue weighted by atomic mass is 127. The summed E-state index contributed by atoms with van der Waals surface area (Å²) in [5.41, 5.74) is 0. The second-order valence-corrected chi connectivity index (χ2v) is 3.94. The summed E-state index contributed by atoms with van der Waals surface area (Å²) in [5.74, 6) is 1.03. The normalized spacial score (nSPS) is 45.0. The van der Waals surface area contributed by atoms with Crippen molar-refractivity contribution in [3.63, 3.8) is 0 Å². The van der Waals surface area contributed by atoms with Gasteiger partial charge in [-0.25, -0.2) is 0 Å². The van der Waals surface area contributed by atoms with Gasteiger partial charge in [-0.1, -0.05) is 29.5 Å². The molecule has 0 nitrogen and oxygen atoms in total. The Morgan fingerprint density at radius 3 is 2.00 bits per heavy atom. The van der Waals surface area contributed by atoms with Gasteiger partial charge in [-0.2, -0.15) is 0 Å². The minimum atomic E-state index is 1.01. The number of rotatable bonds is 0. The Labute approximate surface area is 52.5 Å². The van der Waals surface area contributed by atoms with Gasteiger partial charge >= 0.3 is 0 Å². The van der Waals surface area contributed by atoms with Crippen LogP contribution in [0.1, 0.15) is 19.8 Å². The molecule has 0 spiro atoms. The van der Waals surface area contributed by atoms with Crippen molar-refractivity contribution in [2.75, 3.05) is 0 Å². The summed E-state index contributed by atoms with van der Waals surface area (Å²) in [6.45, 7) is 2.31. The van der Waals surface area contributed by atoms with Crippen molar-refractivity contribution in [2.45, 2.75) is 23.7 Å². The SMILES string of the molecule is CC1CC(I)C1. The molecule has 0 unspecified atom stereocenters. The molecule has 1 fully saturated rings. The average molecular weight is 196 g/mol. The van der Waals surface area contributed by atoms with Gasteiger partial charge in [0.2, 0.25) is 0 Å². The molecule has 0 heterocycles. The molecule has 1 saturated carbocycles. The van der Waals surface area contributed by atoms with E-state index in [9.17, 15) is 0 Å². The summed E-state index contributed by atoms with van der Waals surface area (Å²) >= 11 is 2.51. The Morgan fingerprint density at radius 2 is 2.00 bits per heavy atom. The average Bonchev–Trinajstić information content (AvgIpc) is 1.33. The van der Waals surface area contributed by atoms with Crippen LogP contribution >= 0.6 is 22.6 Å². The third-order valence-electron chi connectivity index (χ3n) is 1.32. The molecule has 1 aliphatic rings. The Bertz CT molecular complexity index is 39.9. The maximum atomic E-state index is 2.51. The van der Waals surface area contributed by atoms with Gasteiger partial charge in [-0.3, -0.25) is 0 Å². The molecule has 0 saturated heterocycles. The molecule has 0 atom stereocenters. The molecular formula is C5H9I. The standard InChI is InChI=1S/C5H9I/c1-4-2-5(6)3-4/h4-5H,2-3H2,1H3. The van der Waals surface area contributed by atoms with Crippen LogP contribution in [0.15, 0.2) is 0 Å². The first-order valence-electron chi connectivity index (χ1n) is 2.43. The van der Waals surface area contributed by atoms with E-state index in [0.29, 0.717) is 0 Å². The highest BCUT2D eigenvalue weighted by Crippen LogP contribution is 2.32. The number of hydrogen-bond donors (Lipinski definition) is 0. The molecule has 1 rings (SSSR count). The monoisotopic (exact) mass is 196 g/mol. The molecule has 1 heteroatoms. The Balaban J connectivity index is 2.11. The minimum absolute atomic E-state index is 1.01. The van der Waals surface area contributed by atoms with E-state index >= 15 is 0 Å². The van der Waals surface area contributed by atoms with E-state index in [4.69, 9.17) is 0 Å². The molecule has 0 aromatic heterocycles. The van der Waals surface area contributed by atoms with Crippen LogP contribution in [0.2, 0.25) is 0 Å². The first-order chi connectivity index (χ1) is 2.79. The van der Waals surface area contributed by atoms with Gasteiger partial charge in [0.25, 0.3) is 0 Å². The quantitative estimate of drug-likeness (QED) is 0.411. The van der Waals surface area contributed by atoms with Gasteiger partial charge in [-0.15, -0.1) is 0 Å². The van der Waals surface area contributed by atoms with Gasteiger partial charge in [-0.05, 0) is 18.8 Å². The highest BCUT2D eigenvalue weighted by molar-refractivity contribution is 14.1. The molecule has 0 bridgehead atoms. The highest BCUT2D eigenvalue weighted by Gasteiger charge is 2.21. The molecule has 1 aliphatic carbocycles. The second-order valence-electron chi connectivity index (χ2n) is 2.17. The van der Waals surface area contributed by atoms with Crippen LogP contribution in [-0.2, 0) is 0 Å². The number of hydrogen-bond acceptors (Lipinski definition) is 0. The summed E-state index contributed by atoms with van der Waals surface area (Å²) in [7, 11) is 0. The topological polar surface area (TPSA) is 0 Å². The molecule has 0 aromatic rings. The zero-order valence-corrected chi connectivity index (χ0v) is 6.10. The van der Waals surface area contributed by atoms with Gasteiger partial charge in [0.15, 0.2) is 0 Å². The van der Waals surface area contributed by atoms with Crippen molar-refractivity contribution in [1.82, 2.24) is 0 Å². The Hall–Kier alpha value is 0.730. The summed E-state index contributed by atoms with van der Waals surface area (Å²) in [5, 5.41) is 0. The zero-order valence-electron chi connectivity index (χ0n) is 3.95. The molecule has 36 valence electrons. The second kappa shape index (κ2) is 1.68. The molecule has 0 amide bonds. The van der Waals surface area contributed by atoms with Crippen molar-refractivity contribution in [3.05, 3.63) is 0 Å². The first kappa shape index (κ1) is 4.88. The van der Waals surface area contributed by atoms with E-state index in [-0.39, 0.29) is 0 Å². The number of halogens is 1. The summed E-state index contributed by atoms with van der Waals surface area (Å²) in [6, 6.07) is 0. The molecule has 0 radical (unpaired) electrons. The van der Waals surface area contributed by atoms with Crippen LogP contribution in [0.5, 0.6) is 0 Å². The van der Waals surface area contributed by atoms with Gasteiger partial charge in [0.05, 0.1) is 0 Å². The van der Waals surface area contributed by atoms with Crippen LogP contribution < -0.4 is 0 Å². The maximum absolute atomic E-state index is 2.51. The number of alkyl halides is 1. The van der Waals surface area contributed by atoms with E-state index in [0.717, 1.165) is 9.84 Å². The molecule has 6 heavy (non-hydrogen) atoms. The van der Waals surface area contributed by atoms with Crippen molar-refractivity contribution in [3.8, 4) is 0 Å². The van der Waals surface area contributed by atoms with Crippen molar-refractivity contribution in [1.29, 1.82) is 0 Å². The van der Waals surface area contributed by atoms with Crippen LogP contribution in [0.25, 0.3) is 0 Å². The third-order valence-corrected chi connectivity index (χ3v) is 2.33. The zero-order chi connectivity index (χ0) is 4.57. The van der Waals surface area contributed by atoms with Crippen LogP contribution in [0, 0.1) is 5.92 Å². The molecule has 0 N–H and O–H groups in total. The Kier molecular flexibility index (Phi) is 1.37. The summed E-state index contributed by atoms with van der Waals surface area (Å²) < 4.78 is 1.01. The maximum Gasteiger partial charge on any atom is 0.0115 e. The van der Waals surface area contributed by atoms with E-state index in [1.165, 1.54) is 12.8 Å². The smallest absolute Gasteiger partial charge is 0.0115 e. The lowest BCUT2D eigenvalue weighted by Gasteiger charge is -2.27. The van der Waals surface area contributed by atoms with Gasteiger partial charge < -0.3 is 0 Å².